The number of nitrogens with two attached hydrogens (primary N) is 1. The largest absolute Gasteiger partial charge is 0.496 e. The SMILES string of the molecule is C=C/C(=C\C=C/C)C(=O)Nc1ccc(/C(N)=C/C(=N)c2ccccc2)c(OC)c1. The summed E-state index contributed by atoms with van der Waals surface area (Å²) in [4.78, 5) is 12.4. The maximum Gasteiger partial charge on any atom is 0.255 e. The third-order valence-corrected chi connectivity index (χ3v) is 4.11. The van der Waals surface area contributed by atoms with Crippen LogP contribution >= 0.6 is 0 Å². The summed E-state index contributed by atoms with van der Waals surface area (Å²) < 4.78 is 5.44. The number of rotatable bonds is 8. The lowest BCUT2D eigenvalue weighted by molar-refractivity contribution is -0.112. The Morgan fingerprint density at radius 1 is 1.21 bits per heavy atom. The van der Waals surface area contributed by atoms with E-state index in [0.29, 0.717) is 34.0 Å². The first-order chi connectivity index (χ1) is 14.0. The third-order valence-electron chi connectivity index (χ3n) is 4.11. The molecule has 0 radical (unpaired) electrons. The molecule has 1 amide bonds. The van der Waals surface area contributed by atoms with E-state index in [1.54, 1.807) is 36.4 Å². The summed E-state index contributed by atoms with van der Waals surface area (Å²) in [6.45, 7) is 5.54. The van der Waals surface area contributed by atoms with Gasteiger partial charge in [0.15, 0.2) is 0 Å². The zero-order chi connectivity index (χ0) is 21.2. The molecular weight excluding hydrogens is 362 g/mol. The number of carbonyl (C=O) groups excluding carboxylic acids is 1. The summed E-state index contributed by atoms with van der Waals surface area (Å²) in [6.07, 6.45) is 8.37. The molecule has 148 valence electrons. The molecule has 0 spiro atoms. The molecule has 2 aromatic rings. The summed E-state index contributed by atoms with van der Waals surface area (Å²) in [5.41, 5.74) is 9.32. The van der Waals surface area contributed by atoms with Gasteiger partial charge in [0.2, 0.25) is 0 Å². The predicted molar refractivity (Wildman–Crippen MR) is 120 cm³/mol. The second kappa shape index (κ2) is 10.5. The summed E-state index contributed by atoms with van der Waals surface area (Å²) in [7, 11) is 1.53. The number of hydrogen-bond donors (Lipinski definition) is 3. The van der Waals surface area contributed by atoms with Gasteiger partial charge in [0.25, 0.3) is 5.91 Å². The van der Waals surface area contributed by atoms with Gasteiger partial charge in [-0.2, -0.15) is 0 Å². The highest BCUT2D eigenvalue weighted by atomic mass is 16.5. The number of methoxy groups -OCH3 is 1. The summed E-state index contributed by atoms with van der Waals surface area (Å²) in [5.74, 6) is 0.220. The number of benzene rings is 2. The normalized spacial score (nSPS) is 11.9. The van der Waals surface area contributed by atoms with Gasteiger partial charge in [-0.3, -0.25) is 4.79 Å². The van der Waals surface area contributed by atoms with Crippen molar-refractivity contribution in [1.82, 2.24) is 0 Å². The Hall–Kier alpha value is -3.86. The van der Waals surface area contributed by atoms with Crippen LogP contribution in [0.5, 0.6) is 5.75 Å². The molecule has 4 N–H and O–H groups in total. The molecule has 0 atom stereocenters. The maximum atomic E-state index is 12.4. The van der Waals surface area contributed by atoms with Crippen LogP contribution in [0.15, 0.2) is 91.1 Å². The van der Waals surface area contributed by atoms with Gasteiger partial charge in [0.1, 0.15) is 5.75 Å². The number of carbonyl (C=O) groups is 1. The van der Waals surface area contributed by atoms with Crippen molar-refractivity contribution in [3.05, 3.63) is 102 Å². The minimum Gasteiger partial charge on any atom is -0.496 e. The van der Waals surface area contributed by atoms with Crippen molar-refractivity contribution >= 4 is 23.0 Å². The Balaban J connectivity index is 2.26. The molecule has 29 heavy (non-hydrogen) atoms. The highest BCUT2D eigenvalue weighted by Gasteiger charge is 2.11. The fourth-order valence-corrected chi connectivity index (χ4v) is 2.58. The molecule has 0 heterocycles. The topological polar surface area (TPSA) is 88.2 Å². The van der Waals surface area contributed by atoms with Crippen molar-refractivity contribution < 1.29 is 9.53 Å². The fraction of sp³-hybridized carbons (Fsp3) is 0.0833. The molecule has 0 aliphatic heterocycles. The average molecular weight is 387 g/mol. The molecular formula is C24H25N3O2. The van der Waals surface area contributed by atoms with Crippen molar-refractivity contribution in [3.63, 3.8) is 0 Å². The molecule has 0 aromatic heterocycles. The lowest BCUT2D eigenvalue weighted by Gasteiger charge is -2.12. The van der Waals surface area contributed by atoms with Crippen LogP contribution in [-0.2, 0) is 4.79 Å². The molecule has 0 saturated carbocycles. The van der Waals surface area contributed by atoms with Crippen LogP contribution in [0.4, 0.5) is 5.69 Å². The van der Waals surface area contributed by atoms with E-state index < -0.39 is 0 Å². The smallest absolute Gasteiger partial charge is 0.255 e. The molecule has 2 rings (SSSR count). The second-order valence-corrected chi connectivity index (χ2v) is 6.10. The van der Waals surface area contributed by atoms with Gasteiger partial charge in [-0.25, -0.2) is 0 Å². The van der Waals surface area contributed by atoms with Crippen LogP contribution in [0, 0.1) is 5.41 Å². The summed E-state index contributed by atoms with van der Waals surface area (Å²) in [5, 5.41) is 11.0. The molecule has 0 bridgehead atoms. The van der Waals surface area contributed by atoms with E-state index in [9.17, 15) is 4.79 Å². The van der Waals surface area contributed by atoms with E-state index in [2.05, 4.69) is 11.9 Å². The monoisotopic (exact) mass is 387 g/mol. The van der Waals surface area contributed by atoms with Crippen molar-refractivity contribution in [2.75, 3.05) is 12.4 Å². The van der Waals surface area contributed by atoms with Crippen LogP contribution in [0.2, 0.25) is 0 Å². The van der Waals surface area contributed by atoms with E-state index in [1.807, 2.05) is 43.3 Å². The van der Waals surface area contributed by atoms with E-state index in [1.165, 1.54) is 13.2 Å². The quantitative estimate of drug-likeness (QED) is 0.349. The lowest BCUT2D eigenvalue weighted by Crippen LogP contribution is -2.13. The Morgan fingerprint density at radius 2 is 1.93 bits per heavy atom. The van der Waals surface area contributed by atoms with Crippen LogP contribution in [0.25, 0.3) is 5.70 Å². The third kappa shape index (κ3) is 5.81. The fourth-order valence-electron chi connectivity index (χ4n) is 2.58. The van der Waals surface area contributed by atoms with Gasteiger partial charge in [0.05, 0.1) is 12.8 Å². The molecule has 5 nitrogen and oxygen atoms in total. The number of nitrogens with one attached hydrogen (secondary N) is 2. The van der Waals surface area contributed by atoms with E-state index in [-0.39, 0.29) is 5.91 Å². The minimum absolute atomic E-state index is 0.276. The number of ether oxygens (including phenoxy) is 1. The van der Waals surface area contributed by atoms with Gasteiger partial charge < -0.3 is 21.2 Å². The van der Waals surface area contributed by atoms with Gasteiger partial charge in [-0.05, 0) is 36.8 Å². The number of hydrogen-bond acceptors (Lipinski definition) is 4. The van der Waals surface area contributed by atoms with Gasteiger partial charge >= 0.3 is 0 Å². The van der Waals surface area contributed by atoms with Crippen LogP contribution in [0.1, 0.15) is 18.1 Å². The van der Waals surface area contributed by atoms with Gasteiger partial charge in [0, 0.05) is 28.6 Å². The first-order valence-electron chi connectivity index (χ1n) is 9.06. The van der Waals surface area contributed by atoms with E-state index in [4.69, 9.17) is 15.9 Å². The predicted octanol–water partition coefficient (Wildman–Crippen LogP) is 4.69. The van der Waals surface area contributed by atoms with E-state index >= 15 is 0 Å². The average Bonchev–Trinajstić information content (AvgIpc) is 2.74. The van der Waals surface area contributed by atoms with Crippen LogP contribution < -0.4 is 15.8 Å². The molecule has 0 unspecified atom stereocenters. The van der Waals surface area contributed by atoms with E-state index in [0.717, 1.165) is 5.56 Å². The van der Waals surface area contributed by atoms with Crippen molar-refractivity contribution in [2.24, 2.45) is 5.73 Å². The van der Waals surface area contributed by atoms with Crippen molar-refractivity contribution in [2.45, 2.75) is 6.92 Å². The first kappa shape index (κ1) is 21.4. The highest BCUT2D eigenvalue weighted by molar-refractivity contribution is 6.10. The first-order valence-corrected chi connectivity index (χ1v) is 9.06. The summed E-state index contributed by atoms with van der Waals surface area (Å²) >= 11 is 0. The Bertz CT molecular complexity index is 986. The number of amides is 1. The molecule has 2 aromatic carbocycles. The molecule has 0 aliphatic carbocycles. The molecule has 0 fully saturated rings. The number of anilines is 1. The standard InChI is InChI=1S/C24H25N3O2/c1-4-6-10-17(5-2)24(28)27-19-13-14-20(23(15-19)29-3)22(26)16-21(25)18-11-8-7-9-12-18/h4-16,25H,2,26H2,1,3H3,(H,27,28)/b6-4-,17-10+,22-16-,25-21?. The van der Waals surface area contributed by atoms with Crippen molar-refractivity contribution in [1.29, 1.82) is 5.41 Å². The summed E-state index contributed by atoms with van der Waals surface area (Å²) in [6, 6.07) is 14.5. The minimum atomic E-state index is -0.276. The highest BCUT2D eigenvalue weighted by Crippen LogP contribution is 2.27. The lowest BCUT2D eigenvalue weighted by atomic mass is 10.1. The van der Waals surface area contributed by atoms with Crippen molar-refractivity contribution in [3.8, 4) is 5.75 Å². The molecule has 0 saturated heterocycles. The Labute approximate surface area is 171 Å². The molecule has 5 heteroatoms. The number of allylic oxidation sites excluding steroid dienone is 4. The van der Waals surface area contributed by atoms with Gasteiger partial charge in [-0.15, -0.1) is 0 Å². The van der Waals surface area contributed by atoms with Crippen LogP contribution in [0.3, 0.4) is 0 Å². The Morgan fingerprint density at radius 3 is 2.55 bits per heavy atom. The molecule has 0 aliphatic rings. The zero-order valence-electron chi connectivity index (χ0n) is 16.6. The second-order valence-electron chi connectivity index (χ2n) is 6.10. The van der Waals surface area contributed by atoms with Gasteiger partial charge in [-0.1, -0.05) is 55.1 Å². The Kier molecular flexibility index (Phi) is 7.74. The maximum absolute atomic E-state index is 12.4. The van der Waals surface area contributed by atoms with Crippen LogP contribution in [-0.4, -0.2) is 18.7 Å². The zero-order valence-corrected chi connectivity index (χ0v) is 16.6.